The second-order valence-corrected chi connectivity index (χ2v) is 5.77. The van der Waals surface area contributed by atoms with Crippen molar-refractivity contribution in [1.29, 1.82) is 0 Å². The van der Waals surface area contributed by atoms with E-state index in [-0.39, 0.29) is 6.04 Å². The molecule has 2 rings (SSSR count). The Balaban J connectivity index is 2.05. The third-order valence-corrected chi connectivity index (χ3v) is 3.99. The minimum Gasteiger partial charge on any atom is -0.332 e. The number of hydrogen-bond acceptors (Lipinski definition) is 2. The summed E-state index contributed by atoms with van der Waals surface area (Å²) in [5.74, 6) is -1.17. The standard InChI is InChI=1S/C14H16Cl2N2O2/c1-9-4-2-3-7-18(9)14(20)13(19)17-12-6-5-10(15)8-11(12)16/h5-6,8-9H,2-4,7H2,1H3,(H,17,19). The van der Waals surface area contributed by atoms with Crippen molar-refractivity contribution in [3.8, 4) is 0 Å². The molecule has 1 aromatic carbocycles. The van der Waals surface area contributed by atoms with E-state index in [2.05, 4.69) is 5.32 Å². The lowest BCUT2D eigenvalue weighted by atomic mass is 10.0. The zero-order chi connectivity index (χ0) is 14.7. The lowest BCUT2D eigenvalue weighted by Crippen LogP contribution is -2.47. The molecule has 0 radical (unpaired) electrons. The summed E-state index contributed by atoms with van der Waals surface area (Å²) in [6.07, 6.45) is 2.96. The maximum Gasteiger partial charge on any atom is 0.313 e. The third-order valence-electron chi connectivity index (χ3n) is 3.44. The van der Waals surface area contributed by atoms with Crippen molar-refractivity contribution in [2.75, 3.05) is 11.9 Å². The summed E-state index contributed by atoms with van der Waals surface area (Å²) in [6, 6.07) is 4.81. The number of anilines is 1. The average Bonchev–Trinajstić information content (AvgIpc) is 2.41. The Morgan fingerprint density at radius 3 is 2.70 bits per heavy atom. The van der Waals surface area contributed by atoms with Gasteiger partial charge >= 0.3 is 11.8 Å². The molecule has 1 heterocycles. The third kappa shape index (κ3) is 3.44. The molecule has 2 amide bonds. The molecule has 1 atom stereocenters. The highest BCUT2D eigenvalue weighted by molar-refractivity contribution is 6.42. The largest absolute Gasteiger partial charge is 0.332 e. The number of piperidine rings is 1. The number of nitrogens with zero attached hydrogens (tertiary/aromatic N) is 1. The molecular formula is C14H16Cl2N2O2. The molecule has 0 aromatic heterocycles. The van der Waals surface area contributed by atoms with Gasteiger partial charge in [0.2, 0.25) is 0 Å². The summed E-state index contributed by atoms with van der Waals surface area (Å²) in [5, 5.41) is 3.32. The molecule has 1 saturated heterocycles. The van der Waals surface area contributed by atoms with Crippen LogP contribution in [0, 0.1) is 0 Å². The fourth-order valence-corrected chi connectivity index (χ4v) is 2.75. The number of rotatable bonds is 1. The summed E-state index contributed by atoms with van der Waals surface area (Å²) in [7, 11) is 0. The van der Waals surface area contributed by atoms with Crippen LogP contribution in [0.1, 0.15) is 26.2 Å². The zero-order valence-corrected chi connectivity index (χ0v) is 12.7. The van der Waals surface area contributed by atoms with Crippen LogP contribution in [-0.4, -0.2) is 29.3 Å². The molecule has 0 spiro atoms. The van der Waals surface area contributed by atoms with Crippen LogP contribution in [0.3, 0.4) is 0 Å². The summed E-state index contributed by atoms with van der Waals surface area (Å²) in [4.78, 5) is 25.8. The normalized spacial score (nSPS) is 18.8. The molecular weight excluding hydrogens is 299 g/mol. The first kappa shape index (κ1) is 15.1. The van der Waals surface area contributed by atoms with E-state index < -0.39 is 11.8 Å². The van der Waals surface area contributed by atoms with Gasteiger partial charge in [-0.25, -0.2) is 0 Å². The van der Waals surface area contributed by atoms with Crippen LogP contribution >= 0.6 is 23.2 Å². The summed E-state index contributed by atoms with van der Waals surface area (Å²) < 4.78 is 0. The summed E-state index contributed by atoms with van der Waals surface area (Å²) in [6.45, 7) is 2.58. The number of carbonyl (C=O) groups is 2. The van der Waals surface area contributed by atoms with Crippen molar-refractivity contribution in [3.63, 3.8) is 0 Å². The molecule has 0 bridgehead atoms. The SMILES string of the molecule is CC1CCCCN1C(=O)C(=O)Nc1ccc(Cl)cc1Cl. The monoisotopic (exact) mass is 314 g/mol. The Labute approximate surface area is 128 Å². The minimum atomic E-state index is -0.664. The van der Waals surface area contributed by atoms with E-state index in [0.29, 0.717) is 22.3 Å². The van der Waals surface area contributed by atoms with Crippen LogP contribution < -0.4 is 5.32 Å². The van der Waals surface area contributed by atoms with Gasteiger partial charge in [-0.15, -0.1) is 0 Å². The van der Waals surface area contributed by atoms with Crippen molar-refractivity contribution in [2.24, 2.45) is 0 Å². The van der Waals surface area contributed by atoms with Crippen LogP contribution in [0.4, 0.5) is 5.69 Å². The first-order chi connectivity index (χ1) is 9.49. The fourth-order valence-electron chi connectivity index (χ4n) is 2.30. The topological polar surface area (TPSA) is 49.4 Å². The number of likely N-dealkylation sites (tertiary alicyclic amines) is 1. The molecule has 20 heavy (non-hydrogen) atoms. The minimum absolute atomic E-state index is 0.0997. The molecule has 0 aliphatic carbocycles. The molecule has 1 aliphatic heterocycles. The van der Waals surface area contributed by atoms with Crippen LogP contribution in [0.15, 0.2) is 18.2 Å². The van der Waals surface area contributed by atoms with E-state index >= 15 is 0 Å². The Hall–Kier alpha value is -1.26. The number of halogens is 2. The van der Waals surface area contributed by atoms with Crippen molar-refractivity contribution in [1.82, 2.24) is 4.90 Å². The summed E-state index contributed by atoms with van der Waals surface area (Å²) >= 11 is 11.8. The van der Waals surface area contributed by atoms with Crippen LogP contribution in [0.25, 0.3) is 0 Å². The maximum atomic E-state index is 12.1. The smallest absolute Gasteiger partial charge is 0.313 e. The lowest BCUT2D eigenvalue weighted by molar-refractivity contribution is -0.145. The molecule has 1 aromatic rings. The highest BCUT2D eigenvalue weighted by Crippen LogP contribution is 2.25. The lowest BCUT2D eigenvalue weighted by Gasteiger charge is -2.32. The number of carbonyl (C=O) groups excluding carboxylic acids is 2. The molecule has 1 fully saturated rings. The van der Waals surface area contributed by atoms with Crippen molar-refractivity contribution in [2.45, 2.75) is 32.2 Å². The van der Waals surface area contributed by atoms with Gasteiger partial charge in [-0.1, -0.05) is 23.2 Å². The van der Waals surface area contributed by atoms with Crippen LogP contribution in [0.2, 0.25) is 10.0 Å². The molecule has 4 nitrogen and oxygen atoms in total. The maximum absolute atomic E-state index is 12.1. The van der Waals surface area contributed by atoms with E-state index in [1.807, 2.05) is 6.92 Å². The Morgan fingerprint density at radius 2 is 2.05 bits per heavy atom. The average molecular weight is 315 g/mol. The molecule has 6 heteroatoms. The van der Waals surface area contributed by atoms with Crippen molar-refractivity contribution >= 4 is 40.7 Å². The van der Waals surface area contributed by atoms with E-state index in [0.717, 1.165) is 19.3 Å². The van der Waals surface area contributed by atoms with Gasteiger partial charge in [-0.2, -0.15) is 0 Å². The predicted molar refractivity (Wildman–Crippen MR) is 80.1 cm³/mol. The Bertz CT molecular complexity index is 534. The second kappa shape index (κ2) is 6.46. The predicted octanol–water partition coefficient (Wildman–Crippen LogP) is 3.33. The van der Waals surface area contributed by atoms with Crippen LogP contribution in [0.5, 0.6) is 0 Å². The molecule has 1 aliphatic rings. The molecule has 108 valence electrons. The van der Waals surface area contributed by atoms with Crippen molar-refractivity contribution in [3.05, 3.63) is 28.2 Å². The first-order valence-electron chi connectivity index (χ1n) is 6.56. The van der Waals surface area contributed by atoms with E-state index in [4.69, 9.17) is 23.2 Å². The molecule has 1 unspecified atom stereocenters. The molecule has 0 saturated carbocycles. The Morgan fingerprint density at radius 1 is 1.30 bits per heavy atom. The molecule has 1 N–H and O–H groups in total. The fraction of sp³-hybridized carbons (Fsp3) is 0.429. The first-order valence-corrected chi connectivity index (χ1v) is 7.31. The van der Waals surface area contributed by atoms with Gasteiger partial charge in [0.15, 0.2) is 0 Å². The highest BCUT2D eigenvalue weighted by atomic mass is 35.5. The highest BCUT2D eigenvalue weighted by Gasteiger charge is 2.28. The number of amides is 2. The zero-order valence-electron chi connectivity index (χ0n) is 11.2. The number of hydrogen-bond donors (Lipinski definition) is 1. The van der Waals surface area contributed by atoms with Gasteiger partial charge in [-0.05, 0) is 44.4 Å². The Kier molecular flexibility index (Phi) is 4.89. The van der Waals surface area contributed by atoms with Gasteiger partial charge in [0.1, 0.15) is 0 Å². The van der Waals surface area contributed by atoms with Gasteiger partial charge in [-0.3, -0.25) is 9.59 Å². The van der Waals surface area contributed by atoms with Crippen molar-refractivity contribution < 1.29 is 9.59 Å². The van der Waals surface area contributed by atoms with E-state index in [1.165, 1.54) is 6.07 Å². The second-order valence-electron chi connectivity index (χ2n) is 4.92. The van der Waals surface area contributed by atoms with Crippen LogP contribution in [-0.2, 0) is 9.59 Å². The van der Waals surface area contributed by atoms with Gasteiger partial charge in [0, 0.05) is 17.6 Å². The van der Waals surface area contributed by atoms with Gasteiger partial charge in [0.25, 0.3) is 0 Å². The van der Waals surface area contributed by atoms with Gasteiger partial charge in [0.05, 0.1) is 10.7 Å². The number of benzene rings is 1. The number of nitrogens with one attached hydrogen (secondary N) is 1. The van der Waals surface area contributed by atoms with Gasteiger partial charge < -0.3 is 10.2 Å². The summed E-state index contributed by atoms with van der Waals surface area (Å²) in [5.41, 5.74) is 0.388. The van der Waals surface area contributed by atoms with E-state index in [9.17, 15) is 9.59 Å². The van der Waals surface area contributed by atoms with E-state index in [1.54, 1.807) is 17.0 Å². The quantitative estimate of drug-likeness (QED) is 0.808.